The van der Waals surface area contributed by atoms with E-state index in [1.54, 1.807) is 18.4 Å². The number of aromatic nitrogens is 1. The van der Waals surface area contributed by atoms with Crippen LogP contribution in [-0.2, 0) is 7.05 Å². The molecule has 0 aliphatic carbocycles. The normalized spacial score (nSPS) is 11.3. The lowest BCUT2D eigenvalue weighted by atomic mass is 10.2. The Morgan fingerprint density at radius 3 is 2.45 bits per heavy atom. The van der Waals surface area contributed by atoms with Crippen LogP contribution in [0.5, 0.6) is 5.75 Å². The molecule has 0 amide bonds. The summed E-state index contributed by atoms with van der Waals surface area (Å²) in [6.45, 7) is 0. The molecule has 3 rings (SSSR count). The van der Waals surface area contributed by atoms with E-state index in [9.17, 15) is 0 Å². The first-order valence-electron chi connectivity index (χ1n) is 6.47. The lowest BCUT2D eigenvalue weighted by Gasteiger charge is -1.98. The number of methoxy groups -OCH3 is 1. The van der Waals surface area contributed by atoms with Gasteiger partial charge in [0.15, 0.2) is 0 Å². The number of hydrogen-bond donors (Lipinski definition) is 0. The summed E-state index contributed by atoms with van der Waals surface area (Å²) >= 11 is 1.80. The Labute approximate surface area is 122 Å². The molecule has 0 N–H and O–H groups in total. The van der Waals surface area contributed by atoms with E-state index in [4.69, 9.17) is 4.74 Å². The van der Waals surface area contributed by atoms with Gasteiger partial charge in [-0.25, -0.2) is 0 Å². The molecule has 100 valence electrons. The first-order valence-corrected chi connectivity index (χ1v) is 7.29. The van der Waals surface area contributed by atoms with E-state index < -0.39 is 0 Å². The van der Waals surface area contributed by atoms with Gasteiger partial charge in [0.05, 0.1) is 7.11 Å². The van der Waals surface area contributed by atoms with Crippen molar-refractivity contribution in [1.29, 1.82) is 0 Å². The second-order valence-corrected chi connectivity index (χ2v) is 5.64. The Balaban J connectivity index is 1.91. The van der Waals surface area contributed by atoms with Crippen molar-refractivity contribution in [3.63, 3.8) is 0 Å². The number of benzene rings is 2. The van der Waals surface area contributed by atoms with E-state index >= 15 is 0 Å². The molecule has 0 atom stereocenters. The SMILES string of the molecule is COc1ccc(C=Cc2sc3ccccc3[n+]2C)cc1. The molecule has 3 heteroatoms. The first-order chi connectivity index (χ1) is 9.78. The molecule has 0 saturated carbocycles. The smallest absolute Gasteiger partial charge is 0.262 e. The monoisotopic (exact) mass is 282 g/mol. The Hall–Kier alpha value is -2.13. The highest BCUT2D eigenvalue weighted by Crippen LogP contribution is 2.21. The summed E-state index contributed by atoms with van der Waals surface area (Å²) in [5.74, 6) is 0.884. The molecule has 2 aromatic carbocycles. The first kappa shape index (κ1) is 12.9. The van der Waals surface area contributed by atoms with Gasteiger partial charge in [-0.1, -0.05) is 35.6 Å². The fourth-order valence-electron chi connectivity index (χ4n) is 2.15. The largest absolute Gasteiger partial charge is 0.497 e. The molecular formula is C17H16NOS+. The minimum atomic E-state index is 0.884. The van der Waals surface area contributed by atoms with Gasteiger partial charge >= 0.3 is 0 Å². The van der Waals surface area contributed by atoms with E-state index in [0.29, 0.717) is 0 Å². The maximum absolute atomic E-state index is 5.16. The standard InChI is InChI=1S/C17H16NOS/c1-18-15-5-3-4-6-16(15)20-17(18)12-9-13-7-10-14(19-2)11-8-13/h3-12H,1-2H3/q+1. The molecule has 0 bridgehead atoms. The van der Waals surface area contributed by atoms with Crippen LogP contribution in [0.3, 0.4) is 0 Å². The number of thiazole rings is 1. The number of nitrogens with zero attached hydrogens (tertiary/aromatic N) is 1. The van der Waals surface area contributed by atoms with Crippen molar-refractivity contribution in [2.45, 2.75) is 0 Å². The van der Waals surface area contributed by atoms with Gasteiger partial charge in [0.1, 0.15) is 17.5 Å². The average Bonchev–Trinajstić information content (AvgIpc) is 2.83. The Bertz CT molecular complexity index is 756. The minimum absolute atomic E-state index is 0.884. The van der Waals surface area contributed by atoms with Gasteiger partial charge in [-0.2, -0.15) is 4.57 Å². The zero-order chi connectivity index (χ0) is 13.9. The van der Waals surface area contributed by atoms with Gasteiger partial charge in [-0.15, -0.1) is 0 Å². The molecular weight excluding hydrogens is 266 g/mol. The van der Waals surface area contributed by atoms with E-state index in [-0.39, 0.29) is 0 Å². The Morgan fingerprint density at radius 1 is 1.00 bits per heavy atom. The summed E-state index contributed by atoms with van der Waals surface area (Å²) < 4.78 is 8.70. The summed E-state index contributed by atoms with van der Waals surface area (Å²) in [5, 5.41) is 1.24. The van der Waals surface area contributed by atoms with Crippen LogP contribution in [0.4, 0.5) is 0 Å². The second kappa shape index (κ2) is 5.47. The van der Waals surface area contributed by atoms with Crippen LogP contribution in [0.15, 0.2) is 48.5 Å². The van der Waals surface area contributed by atoms with Gasteiger partial charge in [-0.05, 0) is 29.8 Å². The van der Waals surface area contributed by atoms with Crippen LogP contribution in [0.2, 0.25) is 0 Å². The molecule has 0 fully saturated rings. The Kier molecular flexibility index (Phi) is 3.52. The lowest BCUT2D eigenvalue weighted by molar-refractivity contribution is -0.642. The molecule has 0 aliphatic heterocycles. The van der Waals surface area contributed by atoms with Gasteiger partial charge < -0.3 is 4.74 Å². The molecule has 1 aromatic heterocycles. The highest BCUT2D eigenvalue weighted by Gasteiger charge is 2.12. The summed E-state index contributed by atoms with van der Waals surface area (Å²) in [6.07, 6.45) is 4.29. The predicted molar refractivity (Wildman–Crippen MR) is 84.9 cm³/mol. The minimum Gasteiger partial charge on any atom is -0.497 e. The van der Waals surface area contributed by atoms with Crippen molar-refractivity contribution in [1.82, 2.24) is 0 Å². The van der Waals surface area contributed by atoms with E-state index in [1.807, 2.05) is 12.1 Å². The van der Waals surface area contributed by atoms with Crippen molar-refractivity contribution >= 4 is 33.7 Å². The number of ether oxygens (including phenoxy) is 1. The van der Waals surface area contributed by atoms with Crippen LogP contribution in [-0.4, -0.2) is 7.11 Å². The van der Waals surface area contributed by atoms with Crippen molar-refractivity contribution in [3.05, 3.63) is 59.1 Å². The third-order valence-electron chi connectivity index (χ3n) is 3.31. The highest BCUT2D eigenvalue weighted by atomic mass is 32.1. The predicted octanol–water partition coefficient (Wildman–Crippen LogP) is 3.90. The maximum Gasteiger partial charge on any atom is 0.262 e. The van der Waals surface area contributed by atoms with Gasteiger partial charge in [-0.3, -0.25) is 0 Å². The number of para-hydroxylation sites is 1. The molecule has 0 radical (unpaired) electrons. The van der Waals surface area contributed by atoms with E-state index in [0.717, 1.165) is 5.75 Å². The van der Waals surface area contributed by atoms with Crippen LogP contribution in [0.25, 0.3) is 22.4 Å². The molecule has 0 unspecified atom stereocenters. The second-order valence-electron chi connectivity index (χ2n) is 4.57. The summed E-state index contributed by atoms with van der Waals surface area (Å²) in [6, 6.07) is 16.5. The van der Waals surface area contributed by atoms with Crippen LogP contribution >= 0.6 is 11.3 Å². The van der Waals surface area contributed by atoms with Crippen molar-refractivity contribution < 1.29 is 9.30 Å². The third-order valence-corrected chi connectivity index (χ3v) is 4.49. The van der Waals surface area contributed by atoms with Crippen molar-refractivity contribution in [2.75, 3.05) is 7.11 Å². The molecule has 0 saturated heterocycles. The molecule has 20 heavy (non-hydrogen) atoms. The maximum atomic E-state index is 5.16. The summed E-state index contributed by atoms with van der Waals surface area (Å²) in [4.78, 5) is 0. The van der Waals surface area contributed by atoms with Crippen LogP contribution in [0.1, 0.15) is 10.6 Å². The van der Waals surface area contributed by atoms with Crippen LogP contribution in [0, 0.1) is 0 Å². The summed E-state index contributed by atoms with van der Waals surface area (Å²) in [5.41, 5.74) is 2.44. The van der Waals surface area contributed by atoms with Crippen molar-refractivity contribution in [2.24, 2.45) is 7.05 Å². The van der Waals surface area contributed by atoms with Crippen molar-refractivity contribution in [3.8, 4) is 5.75 Å². The molecule has 0 aliphatic rings. The third kappa shape index (κ3) is 2.45. The fourth-order valence-corrected chi connectivity index (χ4v) is 3.20. The number of rotatable bonds is 3. The summed E-state index contributed by atoms with van der Waals surface area (Å²) in [7, 11) is 3.79. The van der Waals surface area contributed by atoms with Gasteiger partial charge in [0.25, 0.3) is 5.01 Å². The fraction of sp³-hybridized carbons (Fsp3) is 0.118. The molecule has 2 nitrogen and oxygen atoms in total. The zero-order valence-corrected chi connectivity index (χ0v) is 12.4. The van der Waals surface area contributed by atoms with E-state index in [1.165, 1.54) is 20.8 Å². The van der Waals surface area contributed by atoms with E-state index in [2.05, 4.69) is 60.2 Å². The average molecular weight is 282 g/mol. The topological polar surface area (TPSA) is 13.1 Å². The number of fused-ring (bicyclic) bond motifs is 1. The van der Waals surface area contributed by atoms with Gasteiger partial charge in [0, 0.05) is 12.1 Å². The van der Waals surface area contributed by atoms with Gasteiger partial charge in [0.2, 0.25) is 5.52 Å². The lowest BCUT2D eigenvalue weighted by Crippen LogP contribution is -2.28. The highest BCUT2D eigenvalue weighted by molar-refractivity contribution is 7.18. The number of hydrogen-bond acceptors (Lipinski definition) is 2. The molecule has 0 spiro atoms. The zero-order valence-electron chi connectivity index (χ0n) is 11.5. The molecule has 3 aromatic rings. The van der Waals surface area contributed by atoms with Crippen LogP contribution < -0.4 is 9.30 Å². The quantitative estimate of drug-likeness (QED) is 0.664. The molecule has 1 heterocycles. The Morgan fingerprint density at radius 2 is 1.75 bits per heavy atom. The number of aryl methyl sites for hydroxylation is 1.